The number of aliphatic carboxylic acids is 1. The van der Waals surface area contributed by atoms with Crippen LogP contribution in [0.1, 0.15) is 26.5 Å². The van der Waals surface area contributed by atoms with Crippen LogP contribution in [0.15, 0.2) is 113 Å². The SMILES string of the molecule is CC(/C=C/C=C/C=C/C=C/C=C/C=C(\C)C(=O)N[C@H](C(=O)O)[C@@H](O)C(N)=O)=C\[C@H]1N=C(/C=C/c2ccc[nH]2)O[C@@H]1C. The molecule has 10 heteroatoms. The number of aromatic nitrogens is 1. The number of hydrogen-bond acceptors (Lipinski definition) is 6. The summed E-state index contributed by atoms with van der Waals surface area (Å²) in [6.07, 6.45) is 25.3. The van der Waals surface area contributed by atoms with Gasteiger partial charge >= 0.3 is 5.97 Å². The fourth-order valence-electron chi connectivity index (χ4n) is 3.36. The molecule has 6 N–H and O–H groups in total. The van der Waals surface area contributed by atoms with Crippen molar-refractivity contribution in [2.75, 3.05) is 0 Å². The summed E-state index contributed by atoms with van der Waals surface area (Å²) in [5.41, 5.74) is 7.14. The molecule has 2 heterocycles. The third-order valence-electron chi connectivity index (χ3n) is 5.64. The van der Waals surface area contributed by atoms with Gasteiger partial charge in [0.25, 0.3) is 0 Å². The number of primary amides is 1. The maximum atomic E-state index is 12.1. The zero-order chi connectivity index (χ0) is 30.2. The van der Waals surface area contributed by atoms with Crippen LogP contribution in [0.3, 0.4) is 0 Å². The van der Waals surface area contributed by atoms with Gasteiger partial charge in [-0.1, -0.05) is 78.5 Å². The molecule has 1 aliphatic heterocycles. The average molecular weight is 561 g/mol. The van der Waals surface area contributed by atoms with E-state index in [1.54, 1.807) is 24.3 Å². The highest BCUT2D eigenvalue weighted by molar-refractivity contribution is 5.97. The van der Waals surface area contributed by atoms with Gasteiger partial charge in [0.15, 0.2) is 12.1 Å². The first kappa shape index (κ1) is 32.3. The summed E-state index contributed by atoms with van der Waals surface area (Å²) in [6, 6.07) is 2.02. The highest BCUT2D eigenvalue weighted by atomic mass is 16.5. The summed E-state index contributed by atoms with van der Waals surface area (Å²) in [6.45, 7) is 5.47. The number of hydrogen-bond donors (Lipinski definition) is 5. The minimum Gasteiger partial charge on any atom is -0.480 e. The quantitative estimate of drug-likeness (QED) is 0.173. The molecule has 216 valence electrons. The molecule has 0 saturated heterocycles. The molecule has 41 heavy (non-hydrogen) atoms. The fourth-order valence-corrected chi connectivity index (χ4v) is 3.36. The molecule has 0 saturated carbocycles. The Kier molecular flexibility index (Phi) is 13.3. The third-order valence-corrected chi connectivity index (χ3v) is 5.64. The number of rotatable bonds is 14. The van der Waals surface area contributed by atoms with E-state index in [1.165, 1.54) is 13.0 Å². The molecular formula is C31H36N4O6. The molecule has 2 amide bonds. The predicted octanol–water partition coefficient (Wildman–Crippen LogP) is 3.30. The van der Waals surface area contributed by atoms with Crippen molar-refractivity contribution in [3.05, 3.63) is 114 Å². The van der Waals surface area contributed by atoms with Crippen molar-refractivity contribution >= 4 is 29.8 Å². The van der Waals surface area contributed by atoms with Crippen molar-refractivity contribution in [3.8, 4) is 0 Å². The van der Waals surface area contributed by atoms with Crippen LogP contribution in [0.25, 0.3) is 6.08 Å². The molecule has 0 bridgehead atoms. The largest absolute Gasteiger partial charge is 0.480 e. The lowest BCUT2D eigenvalue weighted by atomic mass is 10.1. The number of aliphatic imine (C=N–C) groups is 1. The first-order chi connectivity index (χ1) is 19.6. The standard InChI is InChI=1S/C31H36N4O6/c1-21(20-25-23(3)41-26(34-25)18-17-24-16-13-19-33-24)14-11-9-7-5-4-6-8-10-12-15-22(2)30(38)35-27(31(39)40)28(36)29(32)37/h4-20,23,25,27-28,33,36H,1-3H3,(H2,32,37)(H,35,38)(H,39,40)/b5-4+,8-6+,9-7+,12-10+,14-11+,18-17+,21-20+,22-15+/t23-,25-,27+,28-/m1/s1. The number of aromatic amines is 1. The normalized spacial score (nSPS) is 20.0. The number of aliphatic hydroxyl groups excluding tert-OH is 1. The van der Waals surface area contributed by atoms with Crippen LogP contribution in [-0.2, 0) is 19.1 Å². The molecule has 0 spiro atoms. The highest BCUT2D eigenvalue weighted by Gasteiger charge is 2.32. The Labute approximate surface area is 239 Å². The van der Waals surface area contributed by atoms with E-state index < -0.39 is 29.9 Å². The minimum atomic E-state index is -2.04. The number of carboxylic acid groups (broad SMARTS) is 1. The van der Waals surface area contributed by atoms with E-state index >= 15 is 0 Å². The van der Waals surface area contributed by atoms with Crippen molar-refractivity contribution in [2.45, 2.75) is 45.1 Å². The molecule has 2 rings (SSSR count). The summed E-state index contributed by atoms with van der Waals surface area (Å²) in [5, 5.41) is 20.7. The number of nitrogens with zero attached hydrogens (tertiary/aromatic N) is 1. The first-order valence-electron chi connectivity index (χ1n) is 12.9. The second-order valence-electron chi connectivity index (χ2n) is 9.04. The second-order valence-corrected chi connectivity index (χ2v) is 9.04. The van der Waals surface area contributed by atoms with Gasteiger partial charge in [-0.05, 0) is 39.0 Å². The minimum absolute atomic E-state index is 0.0379. The third kappa shape index (κ3) is 11.8. The van der Waals surface area contributed by atoms with Crippen molar-refractivity contribution in [1.29, 1.82) is 0 Å². The van der Waals surface area contributed by atoms with E-state index in [2.05, 4.69) is 21.4 Å². The van der Waals surface area contributed by atoms with Crippen LogP contribution in [0, 0.1) is 0 Å². The summed E-state index contributed by atoms with van der Waals surface area (Å²) in [5.74, 6) is -2.96. The molecule has 1 aliphatic rings. The van der Waals surface area contributed by atoms with Crippen LogP contribution in [-0.4, -0.2) is 63.2 Å². The van der Waals surface area contributed by atoms with Crippen molar-refractivity contribution in [3.63, 3.8) is 0 Å². The number of H-pyrrole nitrogens is 1. The molecule has 0 aromatic carbocycles. The summed E-state index contributed by atoms with van der Waals surface area (Å²) in [7, 11) is 0. The van der Waals surface area contributed by atoms with Crippen LogP contribution in [0.2, 0.25) is 0 Å². The van der Waals surface area contributed by atoms with E-state index in [0.717, 1.165) is 11.3 Å². The number of allylic oxidation sites excluding steroid dienone is 12. The van der Waals surface area contributed by atoms with E-state index in [-0.39, 0.29) is 17.7 Å². The maximum Gasteiger partial charge on any atom is 0.329 e. The van der Waals surface area contributed by atoms with Crippen LogP contribution >= 0.6 is 0 Å². The molecular weight excluding hydrogens is 524 g/mol. The van der Waals surface area contributed by atoms with E-state index in [0.29, 0.717) is 5.90 Å². The van der Waals surface area contributed by atoms with Gasteiger partial charge in [0, 0.05) is 23.5 Å². The fraction of sp³-hybridized carbons (Fsp3) is 0.226. The van der Waals surface area contributed by atoms with Crippen molar-refractivity contribution in [2.24, 2.45) is 10.7 Å². The molecule has 1 aromatic rings. The van der Waals surface area contributed by atoms with Gasteiger partial charge in [0.2, 0.25) is 17.7 Å². The number of carbonyl (C=O) groups excluding carboxylic acids is 2. The Hall–Kier alpha value is -4.96. The molecule has 1 aromatic heterocycles. The van der Waals surface area contributed by atoms with Gasteiger partial charge in [0.05, 0.1) is 0 Å². The van der Waals surface area contributed by atoms with Crippen molar-refractivity contribution in [1.82, 2.24) is 10.3 Å². The Morgan fingerprint density at radius 2 is 1.68 bits per heavy atom. The topological polar surface area (TPSA) is 167 Å². The zero-order valence-corrected chi connectivity index (χ0v) is 23.2. The summed E-state index contributed by atoms with van der Waals surface area (Å²) < 4.78 is 5.82. The number of carbonyl (C=O) groups is 3. The van der Waals surface area contributed by atoms with Gasteiger partial charge in [-0.25, -0.2) is 9.79 Å². The molecule has 0 radical (unpaired) electrons. The lowest BCUT2D eigenvalue weighted by Gasteiger charge is -2.17. The highest BCUT2D eigenvalue weighted by Crippen LogP contribution is 2.17. The van der Waals surface area contributed by atoms with Crippen LogP contribution < -0.4 is 11.1 Å². The summed E-state index contributed by atoms with van der Waals surface area (Å²) in [4.78, 5) is 42.0. The molecule has 0 aliphatic carbocycles. The Bertz CT molecular complexity index is 1330. The molecule has 4 atom stereocenters. The van der Waals surface area contributed by atoms with E-state index in [4.69, 9.17) is 15.6 Å². The average Bonchev–Trinajstić information content (AvgIpc) is 3.57. The lowest BCUT2D eigenvalue weighted by Crippen LogP contribution is -2.53. The monoisotopic (exact) mass is 560 g/mol. The Balaban J connectivity index is 1.78. The number of nitrogens with two attached hydrogens (primary N) is 1. The number of carboxylic acids is 1. The van der Waals surface area contributed by atoms with Crippen LogP contribution in [0.4, 0.5) is 0 Å². The Morgan fingerprint density at radius 1 is 1.05 bits per heavy atom. The maximum absolute atomic E-state index is 12.1. The lowest BCUT2D eigenvalue weighted by molar-refractivity contribution is -0.148. The smallest absolute Gasteiger partial charge is 0.329 e. The second kappa shape index (κ2) is 16.9. The van der Waals surface area contributed by atoms with Gasteiger partial charge in [-0.2, -0.15) is 0 Å². The summed E-state index contributed by atoms with van der Waals surface area (Å²) >= 11 is 0. The number of aliphatic hydroxyl groups is 1. The predicted molar refractivity (Wildman–Crippen MR) is 160 cm³/mol. The number of ether oxygens (including phenoxy) is 1. The van der Waals surface area contributed by atoms with Gasteiger partial charge < -0.3 is 31.0 Å². The van der Waals surface area contributed by atoms with E-state index in [1.807, 2.05) is 80.8 Å². The van der Waals surface area contributed by atoms with Crippen molar-refractivity contribution < 1.29 is 29.3 Å². The number of nitrogens with one attached hydrogen (secondary N) is 2. The van der Waals surface area contributed by atoms with Gasteiger partial charge in [0.1, 0.15) is 12.1 Å². The Morgan fingerprint density at radius 3 is 2.27 bits per heavy atom. The van der Waals surface area contributed by atoms with Gasteiger partial charge in [-0.15, -0.1) is 0 Å². The zero-order valence-electron chi connectivity index (χ0n) is 23.2. The van der Waals surface area contributed by atoms with Crippen LogP contribution in [0.5, 0.6) is 0 Å². The van der Waals surface area contributed by atoms with Gasteiger partial charge in [-0.3, -0.25) is 9.59 Å². The number of amides is 2. The first-order valence-corrected chi connectivity index (χ1v) is 12.9. The molecule has 10 nitrogen and oxygen atoms in total. The molecule has 0 unspecified atom stereocenters. The molecule has 0 fully saturated rings. The van der Waals surface area contributed by atoms with E-state index in [9.17, 15) is 19.5 Å².